The first-order valence-corrected chi connectivity index (χ1v) is 4.50. The number of Topliss-reactive ketones (excluding diaryl/α,β-unsaturated/α-hetero) is 1. The zero-order chi connectivity index (χ0) is 10.5. The molecule has 0 fully saturated rings. The highest BCUT2D eigenvalue weighted by Crippen LogP contribution is 2.15. The van der Waals surface area contributed by atoms with Crippen LogP contribution in [-0.4, -0.2) is 24.8 Å². The molecule has 0 aliphatic heterocycles. The molecule has 0 aromatic carbocycles. The lowest BCUT2D eigenvalue weighted by Crippen LogP contribution is -2.36. The van der Waals surface area contributed by atoms with Crippen LogP contribution >= 0.6 is 0 Å². The van der Waals surface area contributed by atoms with Gasteiger partial charge in [-0.15, -0.1) is 0 Å². The third-order valence-electron chi connectivity index (χ3n) is 1.84. The third-order valence-corrected chi connectivity index (χ3v) is 1.84. The van der Waals surface area contributed by atoms with Crippen LogP contribution in [0.25, 0.3) is 0 Å². The molecule has 78 valence electrons. The van der Waals surface area contributed by atoms with Crippen molar-refractivity contribution in [2.45, 2.75) is 33.1 Å². The fourth-order valence-electron chi connectivity index (χ4n) is 0.698. The summed E-state index contributed by atoms with van der Waals surface area (Å²) in [6.07, 6.45) is -0.199. The minimum Gasteiger partial charge on any atom is -0.304 e. The van der Waals surface area contributed by atoms with Crippen molar-refractivity contribution in [1.29, 1.82) is 0 Å². The molecule has 0 atom stereocenters. The Morgan fingerprint density at radius 3 is 2.38 bits per heavy atom. The van der Waals surface area contributed by atoms with Gasteiger partial charge in [0.1, 0.15) is 5.78 Å². The number of halogens is 2. The van der Waals surface area contributed by atoms with Gasteiger partial charge in [0.05, 0.1) is 13.1 Å². The van der Waals surface area contributed by atoms with Gasteiger partial charge in [-0.05, 0) is 0 Å². The number of ketones is 1. The molecule has 0 rings (SSSR count). The Bertz CT molecular complexity index is 169. The molecule has 0 aliphatic rings. The van der Waals surface area contributed by atoms with Gasteiger partial charge < -0.3 is 5.32 Å². The maximum atomic E-state index is 12.6. The second-order valence-corrected chi connectivity index (χ2v) is 3.43. The number of carbonyl (C=O) groups is 1. The SMILES string of the molecule is CCC(F)(F)CNCC(=O)C(C)C. The van der Waals surface area contributed by atoms with Gasteiger partial charge in [-0.3, -0.25) is 4.79 Å². The van der Waals surface area contributed by atoms with E-state index in [0.29, 0.717) is 0 Å². The van der Waals surface area contributed by atoms with Gasteiger partial charge in [-0.25, -0.2) is 8.78 Å². The second kappa shape index (κ2) is 5.27. The first-order valence-electron chi connectivity index (χ1n) is 4.50. The normalized spacial score (nSPS) is 12.2. The van der Waals surface area contributed by atoms with Crippen molar-refractivity contribution in [3.05, 3.63) is 0 Å². The Balaban J connectivity index is 3.62. The van der Waals surface area contributed by atoms with E-state index in [1.165, 1.54) is 6.92 Å². The highest BCUT2D eigenvalue weighted by molar-refractivity contribution is 5.82. The molecule has 0 aromatic rings. The zero-order valence-corrected chi connectivity index (χ0v) is 8.36. The van der Waals surface area contributed by atoms with Crippen LogP contribution < -0.4 is 5.32 Å². The van der Waals surface area contributed by atoms with Gasteiger partial charge in [0, 0.05) is 12.3 Å². The van der Waals surface area contributed by atoms with Crippen LogP contribution in [0.4, 0.5) is 8.78 Å². The maximum absolute atomic E-state index is 12.6. The van der Waals surface area contributed by atoms with Gasteiger partial charge in [0.25, 0.3) is 5.92 Å². The van der Waals surface area contributed by atoms with Crippen LogP contribution in [0.3, 0.4) is 0 Å². The van der Waals surface area contributed by atoms with Crippen molar-refractivity contribution in [3.8, 4) is 0 Å². The lowest BCUT2D eigenvalue weighted by Gasteiger charge is -2.14. The van der Waals surface area contributed by atoms with Crippen LogP contribution in [-0.2, 0) is 4.79 Å². The number of hydrogen-bond acceptors (Lipinski definition) is 2. The standard InChI is InChI=1S/C9H17F2NO/c1-4-9(10,11)6-12-5-8(13)7(2)3/h7,12H,4-6H2,1-3H3. The summed E-state index contributed by atoms with van der Waals surface area (Å²) < 4.78 is 25.3. The maximum Gasteiger partial charge on any atom is 0.260 e. The van der Waals surface area contributed by atoms with E-state index in [4.69, 9.17) is 0 Å². The summed E-state index contributed by atoms with van der Waals surface area (Å²) in [6.45, 7) is 4.55. The van der Waals surface area contributed by atoms with Gasteiger partial charge in [0.15, 0.2) is 0 Å². The molecule has 1 N–H and O–H groups in total. The predicted octanol–water partition coefficient (Wildman–Crippen LogP) is 1.85. The molecular weight excluding hydrogens is 176 g/mol. The summed E-state index contributed by atoms with van der Waals surface area (Å²) in [5.41, 5.74) is 0. The average molecular weight is 193 g/mol. The van der Waals surface area contributed by atoms with Gasteiger partial charge in [-0.2, -0.15) is 0 Å². The first kappa shape index (κ1) is 12.5. The number of nitrogens with one attached hydrogen (secondary N) is 1. The molecule has 0 aromatic heterocycles. The van der Waals surface area contributed by atoms with Gasteiger partial charge in [0.2, 0.25) is 0 Å². The zero-order valence-electron chi connectivity index (χ0n) is 8.36. The molecule has 0 amide bonds. The van der Waals surface area contributed by atoms with E-state index in [9.17, 15) is 13.6 Å². The van der Waals surface area contributed by atoms with Crippen molar-refractivity contribution < 1.29 is 13.6 Å². The molecule has 0 saturated heterocycles. The predicted molar refractivity (Wildman–Crippen MR) is 48.0 cm³/mol. The van der Waals surface area contributed by atoms with E-state index >= 15 is 0 Å². The fraction of sp³-hybridized carbons (Fsp3) is 0.889. The Kier molecular flexibility index (Phi) is 5.06. The van der Waals surface area contributed by atoms with E-state index in [0.717, 1.165) is 0 Å². The molecule has 0 spiro atoms. The molecule has 2 nitrogen and oxygen atoms in total. The lowest BCUT2D eigenvalue weighted by molar-refractivity contribution is -0.121. The molecular formula is C9H17F2NO. The molecule has 0 bridgehead atoms. The monoisotopic (exact) mass is 193 g/mol. The quantitative estimate of drug-likeness (QED) is 0.697. The second-order valence-electron chi connectivity index (χ2n) is 3.43. The molecule has 0 radical (unpaired) electrons. The lowest BCUT2D eigenvalue weighted by atomic mass is 10.1. The van der Waals surface area contributed by atoms with Crippen molar-refractivity contribution >= 4 is 5.78 Å². The fourth-order valence-corrected chi connectivity index (χ4v) is 0.698. The largest absolute Gasteiger partial charge is 0.304 e. The van der Waals surface area contributed by atoms with E-state index in [2.05, 4.69) is 5.32 Å². The van der Waals surface area contributed by atoms with Crippen LogP contribution in [0.5, 0.6) is 0 Å². The topological polar surface area (TPSA) is 29.1 Å². The summed E-state index contributed by atoms with van der Waals surface area (Å²) in [6, 6.07) is 0. The summed E-state index contributed by atoms with van der Waals surface area (Å²) in [4.78, 5) is 11.0. The van der Waals surface area contributed by atoms with Crippen molar-refractivity contribution in [3.63, 3.8) is 0 Å². The van der Waals surface area contributed by atoms with Crippen molar-refractivity contribution in [2.24, 2.45) is 5.92 Å². The molecule has 0 heterocycles. The van der Waals surface area contributed by atoms with E-state index in [1.54, 1.807) is 13.8 Å². The highest BCUT2D eigenvalue weighted by Gasteiger charge is 2.25. The first-order chi connectivity index (χ1) is 5.89. The summed E-state index contributed by atoms with van der Waals surface area (Å²) in [5, 5.41) is 2.46. The Hall–Kier alpha value is -0.510. The minimum absolute atomic E-state index is 0.0350. The van der Waals surface area contributed by atoms with Gasteiger partial charge in [-0.1, -0.05) is 20.8 Å². The summed E-state index contributed by atoms with van der Waals surface area (Å²) >= 11 is 0. The summed E-state index contributed by atoms with van der Waals surface area (Å²) in [7, 11) is 0. The van der Waals surface area contributed by atoms with E-state index in [1.807, 2.05) is 0 Å². The third kappa shape index (κ3) is 5.69. The number of rotatable bonds is 6. The smallest absolute Gasteiger partial charge is 0.260 e. The highest BCUT2D eigenvalue weighted by atomic mass is 19.3. The van der Waals surface area contributed by atoms with Gasteiger partial charge >= 0.3 is 0 Å². The molecule has 4 heteroatoms. The molecule has 0 saturated carbocycles. The van der Waals surface area contributed by atoms with Crippen LogP contribution in [0.1, 0.15) is 27.2 Å². The number of hydrogen-bond donors (Lipinski definition) is 1. The molecule has 0 unspecified atom stereocenters. The van der Waals surface area contributed by atoms with Crippen molar-refractivity contribution in [2.75, 3.05) is 13.1 Å². The Morgan fingerprint density at radius 2 is 2.00 bits per heavy atom. The van der Waals surface area contributed by atoms with E-state index in [-0.39, 0.29) is 24.7 Å². The van der Waals surface area contributed by atoms with Crippen LogP contribution in [0.2, 0.25) is 0 Å². The molecule has 13 heavy (non-hydrogen) atoms. The number of carbonyl (C=O) groups excluding carboxylic acids is 1. The van der Waals surface area contributed by atoms with Crippen molar-refractivity contribution in [1.82, 2.24) is 5.32 Å². The van der Waals surface area contributed by atoms with Crippen LogP contribution in [0.15, 0.2) is 0 Å². The number of alkyl halides is 2. The molecule has 0 aliphatic carbocycles. The summed E-state index contributed by atoms with van der Waals surface area (Å²) in [5.74, 6) is -2.83. The average Bonchev–Trinajstić information content (AvgIpc) is 2.04. The Morgan fingerprint density at radius 1 is 1.46 bits per heavy atom. The minimum atomic E-state index is -2.70. The van der Waals surface area contributed by atoms with Crippen LogP contribution in [0, 0.1) is 5.92 Å². The van der Waals surface area contributed by atoms with E-state index < -0.39 is 12.5 Å². The Labute approximate surface area is 77.7 Å².